The number of hydrogen-bond acceptors (Lipinski definition) is 5. The van der Waals surface area contributed by atoms with Crippen molar-refractivity contribution in [3.63, 3.8) is 0 Å². The van der Waals surface area contributed by atoms with Crippen LogP contribution in [0.1, 0.15) is 40.0 Å². The smallest absolute Gasteiger partial charge is 0.274 e. The van der Waals surface area contributed by atoms with Crippen molar-refractivity contribution in [1.29, 1.82) is 0 Å². The van der Waals surface area contributed by atoms with Gasteiger partial charge in [0.15, 0.2) is 0 Å². The summed E-state index contributed by atoms with van der Waals surface area (Å²) in [6.07, 6.45) is 0.831. The molecule has 0 aliphatic carbocycles. The zero-order valence-corrected chi connectivity index (χ0v) is 12.5. The molecule has 1 aliphatic rings. The summed E-state index contributed by atoms with van der Waals surface area (Å²) < 4.78 is 0. The van der Waals surface area contributed by atoms with Crippen molar-refractivity contribution in [3.8, 4) is 0 Å². The fourth-order valence-corrected chi connectivity index (χ4v) is 2.72. The summed E-state index contributed by atoms with van der Waals surface area (Å²) in [5, 5.41) is 6.07. The van der Waals surface area contributed by atoms with Gasteiger partial charge in [0.25, 0.3) is 11.5 Å². The lowest BCUT2D eigenvalue weighted by Crippen LogP contribution is -2.30. The number of aromatic nitrogens is 4. The number of H-pyrrole nitrogens is 1. The number of rotatable bonds is 2. The first-order chi connectivity index (χ1) is 10.5. The van der Waals surface area contributed by atoms with Gasteiger partial charge in [-0.05, 0) is 32.4 Å². The molecule has 3 heterocycles. The van der Waals surface area contributed by atoms with Crippen molar-refractivity contribution in [2.45, 2.75) is 26.2 Å². The molecule has 0 spiro atoms. The Labute approximate surface area is 127 Å². The molecule has 1 atom stereocenters. The molecule has 2 aromatic rings. The molecule has 0 saturated carbocycles. The first kappa shape index (κ1) is 14.4. The van der Waals surface area contributed by atoms with Crippen molar-refractivity contribution in [1.82, 2.24) is 25.1 Å². The molecule has 1 fully saturated rings. The number of carbonyl (C=O) groups excluding carboxylic acids is 1. The van der Waals surface area contributed by atoms with E-state index in [1.165, 1.54) is 12.1 Å². The van der Waals surface area contributed by atoms with Gasteiger partial charge in [-0.2, -0.15) is 5.10 Å². The number of nitrogens with zero attached hydrogens (tertiary/aromatic N) is 4. The maximum Gasteiger partial charge on any atom is 0.274 e. The Bertz CT molecular complexity index is 730. The van der Waals surface area contributed by atoms with E-state index in [4.69, 9.17) is 0 Å². The predicted molar refractivity (Wildman–Crippen MR) is 79.6 cm³/mol. The number of nitrogens with one attached hydrogen (secondary N) is 1. The van der Waals surface area contributed by atoms with Crippen LogP contribution >= 0.6 is 0 Å². The average Bonchev–Trinajstić information content (AvgIpc) is 2.96. The van der Waals surface area contributed by atoms with E-state index >= 15 is 0 Å². The Morgan fingerprint density at radius 3 is 2.64 bits per heavy atom. The second-order valence-corrected chi connectivity index (χ2v) is 5.55. The second kappa shape index (κ2) is 5.67. The van der Waals surface area contributed by atoms with Gasteiger partial charge in [-0.15, -0.1) is 0 Å². The molecule has 22 heavy (non-hydrogen) atoms. The van der Waals surface area contributed by atoms with Crippen molar-refractivity contribution < 1.29 is 4.79 Å². The molecule has 2 aromatic heterocycles. The van der Waals surface area contributed by atoms with Gasteiger partial charge in [-0.1, -0.05) is 0 Å². The van der Waals surface area contributed by atoms with Crippen LogP contribution in [0, 0.1) is 13.8 Å². The monoisotopic (exact) mass is 299 g/mol. The zero-order valence-electron chi connectivity index (χ0n) is 12.5. The van der Waals surface area contributed by atoms with Gasteiger partial charge in [0, 0.05) is 36.5 Å². The van der Waals surface area contributed by atoms with Crippen LogP contribution in [0.2, 0.25) is 0 Å². The fourth-order valence-electron chi connectivity index (χ4n) is 2.72. The van der Waals surface area contributed by atoms with Crippen LogP contribution in [0.3, 0.4) is 0 Å². The highest BCUT2D eigenvalue weighted by Crippen LogP contribution is 2.25. The normalized spacial score (nSPS) is 17.7. The minimum Gasteiger partial charge on any atom is -0.336 e. The molecule has 1 saturated heterocycles. The predicted octanol–water partition coefficient (Wildman–Crippen LogP) is 0.806. The third-order valence-electron chi connectivity index (χ3n) is 3.74. The molecular weight excluding hydrogens is 282 g/mol. The lowest BCUT2D eigenvalue weighted by molar-refractivity contribution is 0.0783. The van der Waals surface area contributed by atoms with Crippen LogP contribution in [0.4, 0.5) is 0 Å². The maximum atomic E-state index is 12.4. The number of likely N-dealkylation sites (tertiary alicyclic amines) is 1. The molecular formula is C15H17N5O2. The van der Waals surface area contributed by atoms with Crippen molar-refractivity contribution in [2.75, 3.05) is 13.1 Å². The van der Waals surface area contributed by atoms with Gasteiger partial charge in [-0.25, -0.2) is 15.1 Å². The van der Waals surface area contributed by atoms with E-state index in [9.17, 15) is 9.59 Å². The number of aryl methyl sites for hydroxylation is 2. The highest BCUT2D eigenvalue weighted by Gasteiger charge is 2.30. The molecule has 7 heteroatoms. The number of hydrogen-bond donors (Lipinski definition) is 1. The minimum absolute atomic E-state index is 0.144. The minimum atomic E-state index is -0.320. The van der Waals surface area contributed by atoms with E-state index in [-0.39, 0.29) is 23.1 Å². The van der Waals surface area contributed by atoms with Gasteiger partial charge >= 0.3 is 0 Å². The topological polar surface area (TPSA) is 91.8 Å². The first-order valence-corrected chi connectivity index (χ1v) is 7.20. The van der Waals surface area contributed by atoms with E-state index in [1.54, 1.807) is 4.90 Å². The molecule has 0 unspecified atom stereocenters. The van der Waals surface area contributed by atoms with E-state index in [0.717, 1.165) is 23.6 Å². The Kier molecular flexibility index (Phi) is 3.70. The summed E-state index contributed by atoms with van der Waals surface area (Å²) in [4.78, 5) is 34.1. The van der Waals surface area contributed by atoms with Crippen molar-refractivity contribution in [3.05, 3.63) is 51.5 Å². The van der Waals surface area contributed by atoms with Crippen LogP contribution in [0.15, 0.2) is 23.0 Å². The molecule has 7 nitrogen and oxygen atoms in total. The van der Waals surface area contributed by atoms with E-state index < -0.39 is 0 Å². The lowest BCUT2D eigenvalue weighted by Gasteiger charge is -2.15. The molecule has 1 N–H and O–H groups in total. The third kappa shape index (κ3) is 2.88. The summed E-state index contributed by atoms with van der Waals surface area (Å²) in [5.41, 5.74) is 1.81. The third-order valence-corrected chi connectivity index (χ3v) is 3.74. The summed E-state index contributed by atoms with van der Waals surface area (Å²) in [6.45, 7) is 5.10. The number of carbonyl (C=O) groups is 1. The summed E-state index contributed by atoms with van der Waals surface area (Å²) in [7, 11) is 0. The second-order valence-electron chi connectivity index (χ2n) is 5.55. The molecule has 114 valence electrons. The molecule has 3 rings (SSSR count). The van der Waals surface area contributed by atoms with Crippen molar-refractivity contribution >= 4 is 5.91 Å². The van der Waals surface area contributed by atoms with E-state index in [2.05, 4.69) is 20.2 Å². The van der Waals surface area contributed by atoms with Crippen LogP contribution in [0.5, 0.6) is 0 Å². The maximum absolute atomic E-state index is 12.4. The number of aromatic amines is 1. The molecule has 0 aromatic carbocycles. The van der Waals surface area contributed by atoms with Crippen LogP contribution < -0.4 is 5.56 Å². The Hall–Kier alpha value is -2.57. The summed E-state index contributed by atoms with van der Waals surface area (Å²) in [6, 6.07) is 4.69. The number of amides is 1. The SMILES string of the molecule is Cc1cc(C)nc([C@@H]2CCN(C(=O)c3ccc(=O)[nH]n3)C2)n1. The highest BCUT2D eigenvalue weighted by atomic mass is 16.2. The van der Waals surface area contributed by atoms with Gasteiger partial charge < -0.3 is 4.90 Å². The summed E-state index contributed by atoms with van der Waals surface area (Å²) in [5.74, 6) is 0.760. The standard InChI is InChI=1S/C15H17N5O2/c1-9-7-10(2)17-14(16-9)11-5-6-20(8-11)15(22)12-3-4-13(21)19-18-12/h3-4,7,11H,5-6,8H2,1-2H3,(H,19,21)/t11-/m1/s1. The van der Waals surface area contributed by atoms with Gasteiger partial charge in [0.2, 0.25) is 0 Å². The van der Waals surface area contributed by atoms with Gasteiger partial charge in [-0.3, -0.25) is 9.59 Å². The first-order valence-electron chi connectivity index (χ1n) is 7.20. The Balaban J connectivity index is 1.75. The van der Waals surface area contributed by atoms with Crippen LogP contribution in [-0.4, -0.2) is 44.1 Å². The lowest BCUT2D eigenvalue weighted by atomic mass is 10.1. The van der Waals surface area contributed by atoms with Crippen LogP contribution in [0.25, 0.3) is 0 Å². The molecule has 1 aliphatic heterocycles. The summed E-state index contributed by atoms with van der Waals surface area (Å²) >= 11 is 0. The van der Waals surface area contributed by atoms with Crippen molar-refractivity contribution in [2.24, 2.45) is 0 Å². The largest absolute Gasteiger partial charge is 0.336 e. The Morgan fingerprint density at radius 1 is 1.27 bits per heavy atom. The quantitative estimate of drug-likeness (QED) is 0.886. The van der Waals surface area contributed by atoms with E-state index in [1.807, 2.05) is 19.9 Å². The molecule has 1 amide bonds. The zero-order chi connectivity index (χ0) is 15.7. The highest BCUT2D eigenvalue weighted by molar-refractivity contribution is 5.92. The fraction of sp³-hybridized carbons (Fsp3) is 0.400. The average molecular weight is 299 g/mol. The van der Waals surface area contributed by atoms with Gasteiger partial charge in [0.1, 0.15) is 11.5 Å². The molecule has 0 radical (unpaired) electrons. The van der Waals surface area contributed by atoms with E-state index in [0.29, 0.717) is 13.1 Å². The molecule has 0 bridgehead atoms. The van der Waals surface area contributed by atoms with Gasteiger partial charge in [0.05, 0.1) is 0 Å². The Morgan fingerprint density at radius 2 is 2.00 bits per heavy atom. The van der Waals surface area contributed by atoms with Crippen LogP contribution in [-0.2, 0) is 0 Å².